The molecule has 2 N–H and O–H groups in total. The molecule has 4 rings (SSSR count). The Bertz CT molecular complexity index is 1140. The molecule has 0 atom stereocenters. The fourth-order valence-electron chi connectivity index (χ4n) is 4.78. The van der Waals surface area contributed by atoms with Crippen LogP contribution in [-0.4, -0.2) is 56.8 Å². The third-order valence-corrected chi connectivity index (χ3v) is 7.00. The zero-order valence-electron chi connectivity index (χ0n) is 19.5. The largest absolute Gasteiger partial charge is 0.474 e. The van der Waals surface area contributed by atoms with Crippen LogP contribution < -0.4 is 14.8 Å². The highest BCUT2D eigenvalue weighted by Gasteiger charge is 2.25. The summed E-state index contributed by atoms with van der Waals surface area (Å²) in [5, 5.41) is 2.68. The lowest BCUT2D eigenvalue weighted by Crippen LogP contribution is -2.35. The summed E-state index contributed by atoms with van der Waals surface area (Å²) >= 11 is 0. The van der Waals surface area contributed by atoms with Crippen molar-refractivity contribution in [1.29, 1.82) is 0 Å². The highest BCUT2D eigenvalue weighted by atomic mass is 32.2. The van der Waals surface area contributed by atoms with E-state index in [0.717, 1.165) is 57.9 Å². The second-order valence-corrected chi connectivity index (χ2v) is 11.0. The van der Waals surface area contributed by atoms with Gasteiger partial charge in [-0.2, -0.15) is 0 Å². The standard InChI is InChI=1S/C24H31FN4O4S/c1-29-11-8-19(9-12-29)33-22-13-17(7-10-26-22)21-15-18(25)14-20(16-5-3-4-6-16)23(21)27-24(30)28-34(2,31)32/h7,10,13-16,19H,3-6,8-9,11-12H2,1-2H3,(H2,27,28,30). The van der Waals surface area contributed by atoms with Gasteiger partial charge in [-0.3, -0.25) is 0 Å². The van der Waals surface area contributed by atoms with Gasteiger partial charge in [-0.05, 0) is 68.0 Å². The normalized spacial score (nSPS) is 18.1. The number of urea groups is 1. The van der Waals surface area contributed by atoms with Crippen molar-refractivity contribution in [2.45, 2.75) is 50.5 Å². The Hall–Kier alpha value is -2.72. The van der Waals surface area contributed by atoms with E-state index < -0.39 is 21.9 Å². The number of hydrogen-bond donors (Lipinski definition) is 2. The lowest BCUT2D eigenvalue weighted by molar-refractivity contribution is 0.110. The van der Waals surface area contributed by atoms with E-state index in [9.17, 15) is 17.6 Å². The minimum Gasteiger partial charge on any atom is -0.474 e. The zero-order chi connectivity index (χ0) is 24.3. The summed E-state index contributed by atoms with van der Waals surface area (Å²) in [6.45, 7) is 1.89. The zero-order valence-corrected chi connectivity index (χ0v) is 20.3. The van der Waals surface area contributed by atoms with E-state index >= 15 is 0 Å². The summed E-state index contributed by atoms with van der Waals surface area (Å²) in [5.74, 6) is 0.102. The van der Waals surface area contributed by atoms with Crippen LogP contribution in [0.2, 0.25) is 0 Å². The number of hydrogen-bond acceptors (Lipinski definition) is 6. The van der Waals surface area contributed by atoms with Gasteiger partial charge < -0.3 is 15.0 Å². The van der Waals surface area contributed by atoms with Gasteiger partial charge in [-0.25, -0.2) is 27.3 Å². The van der Waals surface area contributed by atoms with E-state index in [1.807, 2.05) is 4.72 Å². The van der Waals surface area contributed by atoms with Crippen LogP contribution >= 0.6 is 0 Å². The highest BCUT2D eigenvalue weighted by molar-refractivity contribution is 7.89. The maximum Gasteiger partial charge on any atom is 0.332 e. The summed E-state index contributed by atoms with van der Waals surface area (Å²) < 4.78 is 46.0. The van der Waals surface area contributed by atoms with Gasteiger partial charge in [-0.15, -0.1) is 0 Å². The Balaban J connectivity index is 1.69. The molecule has 1 aromatic heterocycles. The molecule has 1 aliphatic carbocycles. The third kappa shape index (κ3) is 6.24. The number of pyridine rings is 1. The van der Waals surface area contributed by atoms with Crippen LogP contribution in [0.15, 0.2) is 30.5 Å². The van der Waals surface area contributed by atoms with Crippen LogP contribution in [0.5, 0.6) is 5.88 Å². The van der Waals surface area contributed by atoms with Gasteiger partial charge in [0.1, 0.15) is 11.9 Å². The minimum atomic E-state index is -3.76. The molecule has 1 saturated carbocycles. The minimum absolute atomic E-state index is 0.0543. The predicted octanol–water partition coefficient (Wildman–Crippen LogP) is 4.10. The van der Waals surface area contributed by atoms with E-state index in [4.69, 9.17) is 4.74 Å². The Morgan fingerprint density at radius 1 is 1.15 bits per heavy atom. The lowest BCUT2D eigenvalue weighted by Gasteiger charge is -2.29. The average Bonchev–Trinajstić information content (AvgIpc) is 3.30. The quantitative estimate of drug-likeness (QED) is 0.632. The molecule has 34 heavy (non-hydrogen) atoms. The van der Waals surface area contributed by atoms with E-state index in [1.165, 1.54) is 12.1 Å². The van der Waals surface area contributed by atoms with Crippen molar-refractivity contribution in [3.05, 3.63) is 41.8 Å². The summed E-state index contributed by atoms with van der Waals surface area (Å²) in [5.41, 5.74) is 2.17. The Labute approximate surface area is 200 Å². The molecule has 2 fully saturated rings. The number of benzene rings is 1. The molecule has 1 aromatic carbocycles. The van der Waals surface area contributed by atoms with Crippen LogP contribution in [0.25, 0.3) is 11.1 Å². The molecule has 0 radical (unpaired) electrons. The van der Waals surface area contributed by atoms with E-state index in [1.54, 1.807) is 18.3 Å². The van der Waals surface area contributed by atoms with Crippen molar-refractivity contribution in [2.75, 3.05) is 31.7 Å². The number of sulfonamides is 1. The SMILES string of the molecule is CN1CCC(Oc2cc(-c3cc(F)cc(C4CCCC4)c3NC(=O)NS(C)(=O)=O)ccn2)CC1. The monoisotopic (exact) mass is 490 g/mol. The first kappa shape index (κ1) is 24.4. The van der Waals surface area contributed by atoms with Crippen molar-refractivity contribution in [3.63, 3.8) is 0 Å². The van der Waals surface area contributed by atoms with Crippen LogP contribution in [0.4, 0.5) is 14.9 Å². The number of aromatic nitrogens is 1. The number of carbonyl (C=O) groups excluding carboxylic acids is 1. The van der Waals surface area contributed by atoms with Gasteiger partial charge in [-0.1, -0.05) is 12.8 Å². The number of piperidine rings is 1. The summed E-state index contributed by atoms with van der Waals surface area (Å²) in [6.07, 6.45) is 8.16. The van der Waals surface area contributed by atoms with E-state index in [-0.39, 0.29) is 12.0 Å². The van der Waals surface area contributed by atoms with Crippen molar-refractivity contribution < 1.29 is 22.3 Å². The van der Waals surface area contributed by atoms with Crippen molar-refractivity contribution in [3.8, 4) is 17.0 Å². The first-order valence-electron chi connectivity index (χ1n) is 11.6. The third-order valence-electron chi connectivity index (χ3n) is 6.44. The van der Waals surface area contributed by atoms with Crippen molar-refractivity contribution in [2.24, 2.45) is 0 Å². The molecular formula is C24H31FN4O4S. The summed E-state index contributed by atoms with van der Waals surface area (Å²) in [7, 11) is -1.68. The molecule has 1 aliphatic heterocycles. The van der Waals surface area contributed by atoms with Crippen LogP contribution in [-0.2, 0) is 10.0 Å². The van der Waals surface area contributed by atoms with Crippen LogP contribution in [0.3, 0.4) is 0 Å². The molecule has 0 spiro atoms. The number of amides is 2. The molecule has 2 aliphatic rings. The Morgan fingerprint density at radius 3 is 2.53 bits per heavy atom. The number of ether oxygens (including phenoxy) is 1. The van der Waals surface area contributed by atoms with Gasteiger partial charge >= 0.3 is 6.03 Å². The molecule has 2 amide bonds. The van der Waals surface area contributed by atoms with Gasteiger partial charge in [0.05, 0.1) is 11.9 Å². The first-order chi connectivity index (χ1) is 16.2. The number of nitrogens with zero attached hydrogens (tertiary/aromatic N) is 2. The van der Waals surface area contributed by atoms with Crippen molar-refractivity contribution in [1.82, 2.24) is 14.6 Å². The second-order valence-electron chi connectivity index (χ2n) is 9.23. The number of nitrogens with one attached hydrogen (secondary N) is 2. The predicted molar refractivity (Wildman–Crippen MR) is 129 cm³/mol. The number of anilines is 1. The van der Waals surface area contributed by atoms with E-state index in [2.05, 4.69) is 22.2 Å². The second kappa shape index (κ2) is 10.3. The average molecular weight is 491 g/mol. The fourth-order valence-corrected chi connectivity index (χ4v) is 5.16. The van der Waals surface area contributed by atoms with Gasteiger partial charge in [0.2, 0.25) is 15.9 Å². The number of rotatable bonds is 6. The molecule has 2 heterocycles. The number of likely N-dealkylation sites (tertiary alicyclic amines) is 1. The molecule has 10 heteroatoms. The van der Waals surface area contributed by atoms with Crippen molar-refractivity contribution >= 4 is 21.7 Å². The van der Waals surface area contributed by atoms with Gasteiger partial charge in [0, 0.05) is 30.9 Å². The lowest BCUT2D eigenvalue weighted by atomic mass is 9.91. The fraction of sp³-hybridized carbons (Fsp3) is 0.500. The maximum atomic E-state index is 14.8. The van der Waals surface area contributed by atoms with Gasteiger partial charge in [0.15, 0.2) is 0 Å². The topological polar surface area (TPSA) is 101 Å². The Morgan fingerprint density at radius 2 is 1.85 bits per heavy atom. The molecular weight excluding hydrogens is 459 g/mol. The van der Waals surface area contributed by atoms with Crippen LogP contribution in [0, 0.1) is 5.82 Å². The molecule has 8 nitrogen and oxygen atoms in total. The van der Waals surface area contributed by atoms with E-state index in [0.29, 0.717) is 28.3 Å². The Kier molecular flexibility index (Phi) is 7.37. The maximum absolute atomic E-state index is 14.8. The molecule has 2 aromatic rings. The summed E-state index contributed by atoms with van der Waals surface area (Å²) in [4.78, 5) is 19.1. The van der Waals surface area contributed by atoms with Gasteiger partial charge in [0.25, 0.3) is 0 Å². The van der Waals surface area contributed by atoms with Crippen LogP contribution in [0.1, 0.15) is 50.0 Å². The summed E-state index contributed by atoms with van der Waals surface area (Å²) in [6, 6.07) is 5.38. The molecule has 1 saturated heterocycles. The number of halogens is 1. The smallest absolute Gasteiger partial charge is 0.332 e. The molecule has 184 valence electrons. The molecule has 0 bridgehead atoms. The number of carbonyl (C=O) groups is 1. The highest BCUT2D eigenvalue weighted by Crippen LogP contribution is 2.42. The first-order valence-corrected chi connectivity index (χ1v) is 13.5. The molecule has 0 unspecified atom stereocenters.